The molecule has 3 heteroatoms. The highest BCUT2D eigenvalue weighted by atomic mass is 32.1. The first kappa shape index (κ1) is 21.4. The Balaban J connectivity index is 1.46. The molecule has 0 saturated heterocycles. The molecule has 0 N–H and O–H groups in total. The van der Waals surface area contributed by atoms with Crippen LogP contribution >= 0.6 is 11.3 Å². The molecule has 0 saturated carbocycles. The predicted molar refractivity (Wildman–Crippen MR) is 162 cm³/mol. The van der Waals surface area contributed by atoms with Crippen LogP contribution in [0.2, 0.25) is 0 Å². The second-order valence-electron chi connectivity index (χ2n) is 9.61. The van der Waals surface area contributed by atoms with Crippen LogP contribution < -0.4 is 0 Å². The summed E-state index contributed by atoms with van der Waals surface area (Å²) in [5.41, 5.74) is 9.08. The third-order valence-electron chi connectivity index (χ3n) is 7.41. The van der Waals surface area contributed by atoms with Gasteiger partial charge in [-0.15, -0.1) is 11.3 Å². The van der Waals surface area contributed by atoms with Crippen LogP contribution in [0.1, 0.15) is 0 Å². The lowest BCUT2D eigenvalue weighted by Crippen LogP contribution is -1.95. The summed E-state index contributed by atoms with van der Waals surface area (Å²) in [4.78, 5) is 5.24. The van der Waals surface area contributed by atoms with Gasteiger partial charge in [-0.25, -0.2) is 4.98 Å². The lowest BCUT2D eigenvalue weighted by molar-refractivity contribution is 1.18. The number of benzene rings is 5. The average Bonchev–Trinajstić information content (AvgIpc) is 3.53. The largest absolute Gasteiger partial charge is 0.307 e. The van der Waals surface area contributed by atoms with Gasteiger partial charge in [0.05, 0.1) is 22.2 Å². The standard InChI is InChI=1S/C35H22N2S/c1-3-9-23(10-4-1)24-15-17-26(18-16-24)37-30-21-20-29(25-11-5-2-6-12-25)36-34(30)28-19-22-32-33(35(28)37)27-13-7-8-14-31(27)38-32/h1-22H. The van der Waals surface area contributed by atoms with E-state index in [0.717, 1.165) is 28.0 Å². The summed E-state index contributed by atoms with van der Waals surface area (Å²) in [6, 6.07) is 47.5. The molecule has 0 bridgehead atoms. The molecule has 2 nitrogen and oxygen atoms in total. The van der Waals surface area contributed by atoms with Crippen molar-refractivity contribution >= 4 is 53.4 Å². The van der Waals surface area contributed by atoms with Crippen molar-refractivity contribution in [1.82, 2.24) is 9.55 Å². The molecule has 0 aliphatic rings. The number of hydrogen-bond acceptors (Lipinski definition) is 2. The number of rotatable bonds is 3. The number of fused-ring (bicyclic) bond motifs is 7. The molecule has 3 heterocycles. The molecule has 3 aromatic heterocycles. The van der Waals surface area contributed by atoms with Crippen molar-refractivity contribution in [2.75, 3.05) is 0 Å². The molecule has 38 heavy (non-hydrogen) atoms. The molecule has 0 atom stereocenters. The van der Waals surface area contributed by atoms with E-state index in [1.807, 2.05) is 17.4 Å². The lowest BCUT2D eigenvalue weighted by atomic mass is 10.1. The van der Waals surface area contributed by atoms with Gasteiger partial charge in [-0.1, -0.05) is 91.0 Å². The van der Waals surface area contributed by atoms with E-state index in [1.54, 1.807) is 0 Å². The van der Waals surface area contributed by atoms with Crippen molar-refractivity contribution in [3.63, 3.8) is 0 Å². The third kappa shape index (κ3) is 3.22. The Labute approximate surface area is 224 Å². The number of thiophene rings is 1. The SMILES string of the molecule is c1ccc(-c2ccc(-n3c4ccc(-c5ccccc5)nc4c4ccc5sc6ccccc6c5c43)cc2)cc1. The first-order valence-corrected chi connectivity index (χ1v) is 13.6. The molecule has 178 valence electrons. The van der Waals surface area contributed by atoms with Gasteiger partial charge >= 0.3 is 0 Å². The normalized spacial score (nSPS) is 11.7. The minimum absolute atomic E-state index is 0.992. The van der Waals surface area contributed by atoms with E-state index in [1.165, 1.54) is 42.2 Å². The molecule has 8 rings (SSSR count). The van der Waals surface area contributed by atoms with Crippen LogP contribution in [0.4, 0.5) is 0 Å². The fraction of sp³-hybridized carbons (Fsp3) is 0. The number of nitrogens with zero attached hydrogens (tertiary/aromatic N) is 2. The maximum Gasteiger partial charge on any atom is 0.0971 e. The highest BCUT2D eigenvalue weighted by Gasteiger charge is 2.19. The number of hydrogen-bond donors (Lipinski definition) is 0. The Morgan fingerprint density at radius 1 is 0.500 bits per heavy atom. The van der Waals surface area contributed by atoms with E-state index < -0.39 is 0 Å². The van der Waals surface area contributed by atoms with Gasteiger partial charge in [-0.3, -0.25) is 0 Å². The number of pyridine rings is 1. The van der Waals surface area contributed by atoms with Crippen LogP contribution in [0.5, 0.6) is 0 Å². The third-order valence-corrected chi connectivity index (χ3v) is 8.55. The Morgan fingerprint density at radius 3 is 1.97 bits per heavy atom. The predicted octanol–water partition coefficient (Wildman–Crippen LogP) is 9.88. The molecule has 0 aliphatic heterocycles. The molecule has 0 aliphatic carbocycles. The quantitative estimate of drug-likeness (QED) is 0.235. The molecule has 0 spiro atoms. The van der Waals surface area contributed by atoms with Gasteiger partial charge in [0.1, 0.15) is 0 Å². The van der Waals surface area contributed by atoms with E-state index in [0.29, 0.717) is 0 Å². The van der Waals surface area contributed by atoms with Gasteiger partial charge in [-0.05, 0) is 53.6 Å². The minimum Gasteiger partial charge on any atom is -0.307 e. The van der Waals surface area contributed by atoms with Crippen molar-refractivity contribution in [2.45, 2.75) is 0 Å². The van der Waals surface area contributed by atoms with E-state index in [2.05, 4.69) is 132 Å². The second kappa shape index (κ2) is 8.41. The van der Waals surface area contributed by atoms with Gasteiger partial charge in [0, 0.05) is 36.8 Å². The van der Waals surface area contributed by atoms with E-state index in [-0.39, 0.29) is 0 Å². The first-order chi connectivity index (χ1) is 18.8. The van der Waals surface area contributed by atoms with Crippen LogP contribution in [0, 0.1) is 0 Å². The Hall–Kier alpha value is -4.73. The maximum absolute atomic E-state index is 5.24. The molecule has 0 radical (unpaired) electrons. The Kier molecular flexibility index (Phi) is 4.73. The van der Waals surface area contributed by atoms with Gasteiger partial charge in [-0.2, -0.15) is 0 Å². The smallest absolute Gasteiger partial charge is 0.0971 e. The van der Waals surface area contributed by atoms with E-state index in [9.17, 15) is 0 Å². The van der Waals surface area contributed by atoms with Crippen molar-refractivity contribution < 1.29 is 0 Å². The summed E-state index contributed by atoms with van der Waals surface area (Å²) in [6.07, 6.45) is 0. The van der Waals surface area contributed by atoms with Crippen molar-refractivity contribution in [3.8, 4) is 28.1 Å². The van der Waals surface area contributed by atoms with Crippen LogP contribution in [0.25, 0.3) is 70.2 Å². The first-order valence-electron chi connectivity index (χ1n) is 12.8. The van der Waals surface area contributed by atoms with Crippen molar-refractivity contribution in [2.24, 2.45) is 0 Å². The Bertz CT molecular complexity index is 2100. The van der Waals surface area contributed by atoms with E-state index in [4.69, 9.17) is 4.98 Å². The molecule has 8 aromatic rings. The summed E-state index contributed by atoms with van der Waals surface area (Å²) >= 11 is 1.86. The van der Waals surface area contributed by atoms with Crippen LogP contribution in [-0.4, -0.2) is 9.55 Å². The zero-order valence-corrected chi connectivity index (χ0v) is 21.3. The van der Waals surface area contributed by atoms with Crippen LogP contribution in [-0.2, 0) is 0 Å². The molecule has 0 unspecified atom stereocenters. The van der Waals surface area contributed by atoms with Crippen molar-refractivity contribution in [1.29, 1.82) is 0 Å². The zero-order chi connectivity index (χ0) is 25.1. The van der Waals surface area contributed by atoms with E-state index >= 15 is 0 Å². The van der Waals surface area contributed by atoms with Gasteiger partial charge < -0.3 is 4.57 Å². The lowest BCUT2D eigenvalue weighted by Gasteiger charge is -2.10. The fourth-order valence-corrected chi connectivity index (χ4v) is 6.75. The maximum atomic E-state index is 5.24. The van der Waals surface area contributed by atoms with Gasteiger partial charge in [0.2, 0.25) is 0 Å². The highest BCUT2D eigenvalue weighted by molar-refractivity contribution is 7.26. The van der Waals surface area contributed by atoms with Gasteiger partial charge in [0.25, 0.3) is 0 Å². The summed E-state index contributed by atoms with van der Waals surface area (Å²) in [6.45, 7) is 0. The minimum atomic E-state index is 0.992. The summed E-state index contributed by atoms with van der Waals surface area (Å²) in [5, 5.41) is 3.78. The number of aromatic nitrogens is 2. The van der Waals surface area contributed by atoms with Crippen LogP contribution in [0.15, 0.2) is 133 Å². The molecular weight excluding hydrogens is 480 g/mol. The summed E-state index contributed by atoms with van der Waals surface area (Å²) in [7, 11) is 0. The molecular formula is C35H22N2S. The summed E-state index contributed by atoms with van der Waals surface area (Å²) in [5.74, 6) is 0. The average molecular weight is 503 g/mol. The highest BCUT2D eigenvalue weighted by Crippen LogP contribution is 2.43. The zero-order valence-electron chi connectivity index (χ0n) is 20.5. The Morgan fingerprint density at radius 2 is 1.18 bits per heavy atom. The monoisotopic (exact) mass is 502 g/mol. The van der Waals surface area contributed by atoms with Crippen molar-refractivity contribution in [3.05, 3.63) is 133 Å². The molecule has 0 fully saturated rings. The topological polar surface area (TPSA) is 17.8 Å². The summed E-state index contributed by atoms with van der Waals surface area (Å²) < 4.78 is 5.01. The van der Waals surface area contributed by atoms with Crippen LogP contribution in [0.3, 0.4) is 0 Å². The molecule has 5 aromatic carbocycles. The molecule has 0 amide bonds. The van der Waals surface area contributed by atoms with Gasteiger partial charge in [0.15, 0.2) is 0 Å². The fourth-order valence-electron chi connectivity index (χ4n) is 5.64. The second-order valence-corrected chi connectivity index (χ2v) is 10.7.